The number of carbonyl (C=O) groups excluding carboxylic acids is 1. The van der Waals surface area contributed by atoms with Crippen molar-refractivity contribution >= 4 is 35.3 Å². The van der Waals surface area contributed by atoms with E-state index < -0.39 is 0 Å². The van der Waals surface area contributed by atoms with Crippen LogP contribution in [0.5, 0.6) is 11.5 Å². The fourth-order valence-electron chi connectivity index (χ4n) is 3.35. The lowest BCUT2D eigenvalue weighted by Gasteiger charge is -2.24. The summed E-state index contributed by atoms with van der Waals surface area (Å²) < 4.78 is 10.8. The molecule has 2 unspecified atom stereocenters. The number of nitrogens with one attached hydrogen (secondary N) is 3. The zero-order valence-electron chi connectivity index (χ0n) is 17.1. The smallest absolute Gasteiger partial charge is 0.238 e. The number of anilines is 2. The first-order valence-corrected chi connectivity index (χ1v) is 9.64. The molecule has 0 saturated heterocycles. The van der Waals surface area contributed by atoms with E-state index in [1.165, 1.54) is 0 Å². The number of rotatable bonds is 6. The van der Waals surface area contributed by atoms with Gasteiger partial charge in [0.1, 0.15) is 6.04 Å². The Morgan fingerprint density at radius 1 is 1.13 bits per heavy atom. The predicted octanol–water partition coefficient (Wildman–Crippen LogP) is 1.20. The van der Waals surface area contributed by atoms with Crippen molar-refractivity contribution in [2.75, 3.05) is 31.4 Å². The minimum atomic E-state index is -0.344. The summed E-state index contributed by atoms with van der Waals surface area (Å²) in [4.78, 5) is 25.3. The van der Waals surface area contributed by atoms with Crippen LogP contribution in [0, 0.1) is 0 Å². The lowest BCUT2D eigenvalue weighted by molar-refractivity contribution is -0.114. The molecule has 10 heteroatoms. The summed E-state index contributed by atoms with van der Waals surface area (Å²) >= 11 is 0. The number of nitrogens with two attached hydrogens (primary N) is 1. The van der Waals surface area contributed by atoms with Crippen molar-refractivity contribution in [1.82, 2.24) is 5.32 Å². The van der Waals surface area contributed by atoms with Crippen molar-refractivity contribution in [1.29, 1.82) is 0 Å². The molecule has 2 aromatic rings. The van der Waals surface area contributed by atoms with Crippen molar-refractivity contribution in [3.63, 3.8) is 0 Å². The lowest BCUT2D eigenvalue weighted by Crippen LogP contribution is -2.43. The molecule has 31 heavy (non-hydrogen) atoms. The Balaban J connectivity index is 1.63. The lowest BCUT2D eigenvalue weighted by atomic mass is 10.00. The summed E-state index contributed by atoms with van der Waals surface area (Å²) in [6, 6.07) is 12.7. The van der Waals surface area contributed by atoms with Crippen molar-refractivity contribution < 1.29 is 14.3 Å². The predicted molar refractivity (Wildman–Crippen MR) is 120 cm³/mol. The first-order chi connectivity index (χ1) is 15.1. The third-order valence-corrected chi connectivity index (χ3v) is 4.82. The number of nitrogens with zero attached hydrogens (tertiary/aromatic N) is 3. The van der Waals surface area contributed by atoms with E-state index in [0.717, 1.165) is 17.0 Å². The van der Waals surface area contributed by atoms with E-state index in [1.807, 2.05) is 30.3 Å². The number of aliphatic imine (C=N–C) groups is 3. The molecule has 2 aromatic carbocycles. The van der Waals surface area contributed by atoms with Crippen LogP contribution < -0.4 is 31.2 Å². The van der Waals surface area contributed by atoms with Crippen LogP contribution in [-0.4, -0.2) is 56.9 Å². The molecule has 1 amide bonds. The maximum atomic E-state index is 11.6. The molecule has 0 saturated carbocycles. The topological polar surface area (TPSA) is 135 Å². The second-order valence-electron chi connectivity index (χ2n) is 6.81. The SMILES string of the molecule is COc1ccc(C2=NC(Nc3cccc(NC(=O)CN)c3)=NC3N=CNC23)cc1OC. The first-order valence-electron chi connectivity index (χ1n) is 9.64. The number of amides is 1. The summed E-state index contributed by atoms with van der Waals surface area (Å²) in [5.41, 5.74) is 8.35. The van der Waals surface area contributed by atoms with Gasteiger partial charge in [-0.15, -0.1) is 0 Å². The number of ether oxygens (including phenoxy) is 2. The van der Waals surface area contributed by atoms with Gasteiger partial charge in [0.05, 0.1) is 32.8 Å². The Bertz CT molecular complexity index is 1080. The van der Waals surface area contributed by atoms with Gasteiger partial charge in [-0.2, -0.15) is 0 Å². The highest BCUT2D eigenvalue weighted by molar-refractivity contribution is 6.15. The highest BCUT2D eigenvalue weighted by atomic mass is 16.5. The molecule has 0 spiro atoms. The molecule has 2 aliphatic rings. The van der Waals surface area contributed by atoms with E-state index in [0.29, 0.717) is 23.1 Å². The Kier molecular flexibility index (Phi) is 5.80. The van der Waals surface area contributed by atoms with Gasteiger partial charge >= 0.3 is 0 Å². The zero-order valence-corrected chi connectivity index (χ0v) is 17.1. The summed E-state index contributed by atoms with van der Waals surface area (Å²) in [6.45, 7) is -0.0859. The van der Waals surface area contributed by atoms with E-state index in [-0.39, 0.29) is 24.7 Å². The van der Waals surface area contributed by atoms with Gasteiger partial charge in [0.15, 0.2) is 17.7 Å². The van der Waals surface area contributed by atoms with Crippen LogP contribution in [0.25, 0.3) is 0 Å². The molecular weight excluding hydrogens is 398 g/mol. The Labute approximate surface area is 179 Å². The molecule has 2 aliphatic heterocycles. The number of methoxy groups -OCH3 is 2. The Morgan fingerprint density at radius 2 is 1.94 bits per heavy atom. The second-order valence-corrected chi connectivity index (χ2v) is 6.81. The fourth-order valence-corrected chi connectivity index (χ4v) is 3.35. The molecule has 0 aliphatic carbocycles. The van der Waals surface area contributed by atoms with Crippen LogP contribution >= 0.6 is 0 Å². The van der Waals surface area contributed by atoms with Crippen LogP contribution in [0.4, 0.5) is 11.4 Å². The van der Waals surface area contributed by atoms with Crippen molar-refractivity contribution in [3.05, 3.63) is 48.0 Å². The number of fused-ring (bicyclic) bond motifs is 1. The molecule has 0 bridgehead atoms. The van der Waals surface area contributed by atoms with Gasteiger partial charge in [0.2, 0.25) is 11.9 Å². The van der Waals surface area contributed by atoms with E-state index >= 15 is 0 Å². The van der Waals surface area contributed by atoms with E-state index in [4.69, 9.17) is 20.2 Å². The average Bonchev–Trinajstić information content (AvgIpc) is 3.27. The molecule has 5 N–H and O–H groups in total. The number of benzene rings is 2. The molecule has 0 fully saturated rings. The minimum absolute atomic E-state index is 0.0859. The van der Waals surface area contributed by atoms with Crippen LogP contribution in [0.2, 0.25) is 0 Å². The fraction of sp³-hybridized carbons (Fsp3) is 0.238. The maximum absolute atomic E-state index is 11.6. The van der Waals surface area contributed by atoms with Crippen molar-refractivity contribution in [2.24, 2.45) is 20.7 Å². The third kappa shape index (κ3) is 4.33. The highest BCUT2D eigenvalue weighted by Crippen LogP contribution is 2.30. The summed E-state index contributed by atoms with van der Waals surface area (Å²) in [6.07, 6.45) is 1.30. The summed E-state index contributed by atoms with van der Waals surface area (Å²) in [5.74, 6) is 1.39. The van der Waals surface area contributed by atoms with Crippen LogP contribution in [0.3, 0.4) is 0 Å². The molecular formula is C21H23N7O3. The number of hydrogen-bond acceptors (Lipinski definition) is 9. The highest BCUT2D eigenvalue weighted by Gasteiger charge is 2.33. The van der Waals surface area contributed by atoms with Gasteiger partial charge in [-0.05, 0) is 36.4 Å². The first kappa shape index (κ1) is 20.4. The monoisotopic (exact) mass is 421 g/mol. The standard InChI is InChI=1S/C21H23N7O3/c1-30-15-7-6-12(8-16(15)31-2)18-19-20(24-11-23-19)28-21(27-18)26-14-5-3-4-13(9-14)25-17(29)10-22/h3-9,11,19-20H,10,22H2,1-2H3,(H,23,24)(H,25,29)(H,26,28). The van der Waals surface area contributed by atoms with Gasteiger partial charge in [0, 0.05) is 16.9 Å². The Hall–Kier alpha value is -3.92. The Morgan fingerprint density at radius 3 is 2.71 bits per heavy atom. The van der Waals surface area contributed by atoms with Crippen LogP contribution in [0.15, 0.2) is 57.4 Å². The van der Waals surface area contributed by atoms with Crippen molar-refractivity contribution in [3.8, 4) is 11.5 Å². The number of carbonyl (C=O) groups is 1. The molecule has 10 nitrogen and oxygen atoms in total. The van der Waals surface area contributed by atoms with Gasteiger partial charge < -0.3 is 31.2 Å². The number of hydrogen-bond donors (Lipinski definition) is 4. The number of guanidine groups is 1. The molecule has 160 valence electrons. The van der Waals surface area contributed by atoms with E-state index in [9.17, 15) is 4.79 Å². The second kappa shape index (κ2) is 8.84. The zero-order chi connectivity index (χ0) is 21.8. The quantitative estimate of drug-likeness (QED) is 0.554. The maximum Gasteiger partial charge on any atom is 0.238 e. The summed E-state index contributed by atoms with van der Waals surface area (Å²) in [7, 11) is 3.19. The summed E-state index contributed by atoms with van der Waals surface area (Å²) in [5, 5.41) is 9.13. The molecule has 2 atom stereocenters. The average molecular weight is 421 g/mol. The molecule has 0 aromatic heterocycles. The van der Waals surface area contributed by atoms with Crippen LogP contribution in [-0.2, 0) is 4.79 Å². The molecule has 0 radical (unpaired) electrons. The van der Waals surface area contributed by atoms with Crippen LogP contribution in [0.1, 0.15) is 5.56 Å². The molecule has 2 heterocycles. The van der Waals surface area contributed by atoms with Gasteiger partial charge in [-0.25, -0.2) is 15.0 Å². The van der Waals surface area contributed by atoms with E-state index in [2.05, 4.69) is 25.9 Å². The largest absolute Gasteiger partial charge is 0.493 e. The molecule has 4 rings (SSSR count). The van der Waals surface area contributed by atoms with E-state index in [1.54, 1.807) is 32.7 Å². The minimum Gasteiger partial charge on any atom is -0.493 e. The van der Waals surface area contributed by atoms with Gasteiger partial charge in [-0.3, -0.25) is 4.79 Å². The third-order valence-electron chi connectivity index (χ3n) is 4.82. The van der Waals surface area contributed by atoms with Gasteiger partial charge in [0.25, 0.3) is 0 Å². The van der Waals surface area contributed by atoms with Crippen molar-refractivity contribution in [2.45, 2.75) is 12.2 Å². The van der Waals surface area contributed by atoms with Gasteiger partial charge in [-0.1, -0.05) is 6.07 Å². The normalized spacial score (nSPS) is 18.9.